The van der Waals surface area contributed by atoms with Crippen LogP contribution in [0.4, 0.5) is 4.39 Å². The molecule has 0 bridgehead atoms. The van der Waals surface area contributed by atoms with Crippen molar-refractivity contribution in [2.45, 2.75) is 37.4 Å². The highest BCUT2D eigenvalue weighted by molar-refractivity contribution is 7.85. The molecule has 2 rings (SSSR count). The Balaban J connectivity index is 2.16. The van der Waals surface area contributed by atoms with Gasteiger partial charge in [-0.05, 0) is 12.5 Å². The molecule has 0 aliphatic carbocycles. The van der Waals surface area contributed by atoms with Gasteiger partial charge >= 0.3 is 20.9 Å². The highest BCUT2D eigenvalue weighted by Crippen LogP contribution is 2.70. The van der Waals surface area contributed by atoms with Gasteiger partial charge in [0.05, 0.1) is 26.2 Å². The lowest BCUT2D eigenvalue weighted by molar-refractivity contribution is -0.0231. The van der Waals surface area contributed by atoms with Crippen LogP contribution < -0.4 is 11.2 Å². The SMILES string of the molecule is [B-]P(=O)(OC[C@H]1O[C@@H](n2cc(C)c(=O)[nH]c2=O)C[C@@H]1N=[N+]=[N-])OP(=O)(O)C(F)P(=O)(O)O. The van der Waals surface area contributed by atoms with E-state index in [1.54, 1.807) is 0 Å². The summed E-state index contributed by atoms with van der Waals surface area (Å²) in [6, 6.07) is -1.03. The van der Waals surface area contributed by atoms with Gasteiger partial charge in [0.1, 0.15) is 6.23 Å². The maximum atomic E-state index is 13.5. The van der Waals surface area contributed by atoms with E-state index in [1.807, 2.05) is 4.98 Å². The van der Waals surface area contributed by atoms with Crippen molar-refractivity contribution >= 4 is 30.2 Å². The molecule has 1 saturated heterocycles. The number of nitrogens with one attached hydrogen (secondary N) is 1. The molecule has 3 unspecified atom stereocenters. The van der Waals surface area contributed by atoms with Gasteiger partial charge in [-0.25, -0.2) is 9.18 Å². The summed E-state index contributed by atoms with van der Waals surface area (Å²) in [7, 11) is -11.6. The van der Waals surface area contributed by atoms with E-state index in [4.69, 9.17) is 27.6 Å². The third kappa shape index (κ3) is 6.49. The van der Waals surface area contributed by atoms with E-state index in [2.05, 4.69) is 18.9 Å². The normalized spacial score (nSPS) is 26.0. The zero-order chi connectivity index (χ0) is 24.5. The number of H-pyrrole nitrogens is 1. The van der Waals surface area contributed by atoms with Crippen LogP contribution in [0.2, 0.25) is 0 Å². The molecule has 16 nitrogen and oxygen atoms in total. The standard InChI is InChI=1S/C11H16BFN5O11P3/c1-5-3-18(11(20)15-9(5)19)8-2-6(16-17-14)7(28-8)4-27-32(12,26)29-31(24,25)10(13)30(21,22)23/h3,6-8,10H,2,4H2,1H3,(H,24,25)(H,15,19,20)(H2,21,22,23)/q-1/t6-,7+,8+,10?,32?/m0/s1. The number of ether oxygens (including phenoxy) is 1. The Labute approximate surface area is 178 Å². The monoisotopic (exact) mass is 517 g/mol. The number of hydrogen-bond donors (Lipinski definition) is 4. The largest absolute Gasteiger partial charge is 0.443 e. The van der Waals surface area contributed by atoms with Crippen molar-refractivity contribution in [3.05, 3.63) is 43.0 Å². The van der Waals surface area contributed by atoms with Crippen LogP contribution in [-0.4, -0.2) is 56.2 Å². The van der Waals surface area contributed by atoms with Gasteiger partial charge in [0.25, 0.3) is 11.2 Å². The maximum absolute atomic E-state index is 13.5. The molecule has 3 radical (unpaired) electrons. The zero-order valence-corrected chi connectivity index (χ0v) is 18.7. The molecule has 0 aromatic carbocycles. The lowest BCUT2D eigenvalue weighted by atomic mass is 10.1. The number of halogens is 1. The molecule has 1 aromatic heterocycles. The number of azide groups is 1. The summed E-state index contributed by atoms with van der Waals surface area (Å²) in [5.74, 6) is 0. The van der Waals surface area contributed by atoms with Gasteiger partial charge in [-0.1, -0.05) is 5.11 Å². The topological polar surface area (TPSA) is 243 Å². The van der Waals surface area contributed by atoms with Crippen molar-refractivity contribution in [2.24, 2.45) is 5.11 Å². The van der Waals surface area contributed by atoms with E-state index in [9.17, 15) is 32.6 Å². The van der Waals surface area contributed by atoms with Gasteiger partial charge in [0.15, 0.2) is 0 Å². The molecule has 0 spiro atoms. The van der Waals surface area contributed by atoms with Crippen molar-refractivity contribution in [3.63, 3.8) is 0 Å². The van der Waals surface area contributed by atoms with Crippen LogP contribution in [0.5, 0.6) is 0 Å². The summed E-state index contributed by atoms with van der Waals surface area (Å²) in [6.45, 7) is 0.595. The van der Waals surface area contributed by atoms with Crippen LogP contribution in [0.3, 0.4) is 0 Å². The Morgan fingerprint density at radius 2 is 2.06 bits per heavy atom. The van der Waals surface area contributed by atoms with Crippen molar-refractivity contribution < 1.29 is 46.3 Å². The number of rotatable bonds is 9. The third-order valence-corrected chi connectivity index (χ3v) is 9.28. The first kappa shape index (κ1) is 26.7. The average molecular weight is 517 g/mol. The second-order valence-corrected chi connectivity index (χ2v) is 12.1. The summed E-state index contributed by atoms with van der Waals surface area (Å²) in [4.78, 5) is 54.8. The molecule has 21 heteroatoms. The zero-order valence-electron chi connectivity index (χ0n) is 16.0. The molecule has 2 heterocycles. The second-order valence-electron chi connectivity index (χ2n) is 6.50. The van der Waals surface area contributed by atoms with Gasteiger partial charge < -0.3 is 36.1 Å². The predicted molar refractivity (Wildman–Crippen MR) is 105 cm³/mol. The van der Waals surface area contributed by atoms with Crippen LogP contribution in [0, 0.1) is 6.92 Å². The first-order valence-electron chi connectivity index (χ1n) is 8.35. The van der Waals surface area contributed by atoms with Gasteiger partial charge in [-0.15, -0.1) is 0 Å². The lowest BCUT2D eigenvalue weighted by Crippen LogP contribution is -2.33. The van der Waals surface area contributed by atoms with Crippen molar-refractivity contribution in [2.75, 3.05) is 6.61 Å². The minimum atomic E-state index is -5.84. The molecule has 32 heavy (non-hydrogen) atoms. The van der Waals surface area contributed by atoms with Crippen LogP contribution in [0.15, 0.2) is 20.9 Å². The average Bonchev–Trinajstić information content (AvgIpc) is 3.04. The fraction of sp³-hybridized carbons (Fsp3) is 0.636. The van der Waals surface area contributed by atoms with Gasteiger partial charge in [-0.2, -0.15) is 0 Å². The van der Waals surface area contributed by atoms with Gasteiger partial charge in [0, 0.05) is 23.1 Å². The Kier molecular flexibility index (Phi) is 8.12. The molecule has 1 aromatic rings. The van der Waals surface area contributed by atoms with E-state index in [0.717, 1.165) is 4.57 Å². The number of hydrogen-bond acceptors (Lipinski definition) is 9. The molecule has 0 saturated carbocycles. The summed E-state index contributed by atoms with van der Waals surface area (Å²) in [6.07, 6.45) is -1.24. The minimum absolute atomic E-state index is 0.109. The van der Waals surface area contributed by atoms with Crippen molar-refractivity contribution in [3.8, 4) is 0 Å². The molecule has 177 valence electrons. The summed E-state index contributed by atoms with van der Waals surface area (Å²) >= 11 is 0. The fourth-order valence-corrected chi connectivity index (χ4v) is 6.68. The summed E-state index contributed by atoms with van der Waals surface area (Å²) in [5, 5.41) is 3.44. The maximum Gasteiger partial charge on any atom is 0.379 e. The summed E-state index contributed by atoms with van der Waals surface area (Å²) in [5.41, 5.74) is 3.67. The van der Waals surface area contributed by atoms with Crippen molar-refractivity contribution in [1.82, 2.24) is 9.55 Å². The molecule has 1 fully saturated rings. The van der Waals surface area contributed by atoms with Gasteiger partial charge in [0.2, 0.25) is 0 Å². The van der Waals surface area contributed by atoms with Crippen LogP contribution in [-0.2, 0) is 27.3 Å². The highest BCUT2D eigenvalue weighted by Gasteiger charge is 2.47. The van der Waals surface area contributed by atoms with E-state index < -0.39 is 64.5 Å². The first-order valence-corrected chi connectivity index (χ1v) is 13.3. The highest BCUT2D eigenvalue weighted by atomic mass is 31.3. The molecular formula is C11H16BFN5O11P3-. The van der Waals surface area contributed by atoms with Crippen LogP contribution in [0.1, 0.15) is 18.2 Å². The molecular weight excluding hydrogens is 501 g/mol. The number of aromatic nitrogens is 2. The molecule has 4 N–H and O–H groups in total. The summed E-state index contributed by atoms with van der Waals surface area (Å²) < 4.78 is 63.1. The van der Waals surface area contributed by atoms with E-state index >= 15 is 0 Å². The quantitative estimate of drug-likeness (QED) is 0.117. The van der Waals surface area contributed by atoms with Gasteiger partial charge in [-0.3, -0.25) is 27.8 Å². The Hall–Kier alpha value is -1.57. The lowest BCUT2D eigenvalue weighted by Gasteiger charge is -2.31. The molecule has 0 amide bonds. The van der Waals surface area contributed by atoms with E-state index in [0.29, 0.717) is 0 Å². The molecule has 1 aliphatic heterocycles. The second kappa shape index (κ2) is 9.74. The number of aromatic amines is 1. The van der Waals surface area contributed by atoms with Crippen LogP contribution in [0.25, 0.3) is 10.4 Å². The minimum Gasteiger partial charge on any atom is -0.443 e. The molecule has 1 aliphatic rings. The predicted octanol–water partition coefficient (Wildman–Crippen LogP) is 0.737. The van der Waals surface area contributed by atoms with Crippen LogP contribution >= 0.6 is 22.7 Å². The number of nitrogens with zero attached hydrogens (tertiary/aromatic N) is 4. The number of aryl methyl sites for hydroxylation is 1. The first-order chi connectivity index (χ1) is 14.6. The van der Waals surface area contributed by atoms with E-state index in [1.165, 1.54) is 13.1 Å². The Bertz CT molecular complexity index is 1180. The number of alkyl halides is 1. The smallest absolute Gasteiger partial charge is 0.379 e. The fourth-order valence-electron chi connectivity index (χ4n) is 2.62. The van der Waals surface area contributed by atoms with Crippen molar-refractivity contribution in [1.29, 1.82) is 0 Å². The molecule has 6 atom stereocenters. The third-order valence-electron chi connectivity index (χ3n) is 4.06. The Morgan fingerprint density at radius 1 is 1.44 bits per heavy atom. The van der Waals surface area contributed by atoms with E-state index in [-0.39, 0.29) is 12.0 Å². The Morgan fingerprint density at radius 3 is 2.62 bits per heavy atom.